The third-order valence-electron chi connectivity index (χ3n) is 3.45. The highest BCUT2D eigenvalue weighted by molar-refractivity contribution is 8.00. The summed E-state index contributed by atoms with van der Waals surface area (Å²) in [5, 5.41) is 0. The van der Waals surface area contributed by atoms with Gasteiger partial charge in [0, 0.05) is 5.75 Å². The van der Waals surface area contributed by atoms with Crippen molar-refractivity contribution < 1.29 is 14.3 Å². The quantitative estimate of drug-likeness (QED) is 0.926. The minimum absolute atomic E-state index is 0.109. The summed E-state index contributed by atoms with van der Waals surface area (Å²) in [6, 6.07) is 8.50. The predicted molar refractivity (Wildman–Crippen MR) is 80.7 cm³/mol. The second-order valence-electron chi connectivity index (χ2n) is 5.40. The van der Waals surface area contributed by atoms with Gasteiger partial charge in [-0.1, -0.05) is 38.1 Å². The van der Waals surface area contributed by atoms with Crippen LogP contribution in [0, 0.1) is 0 Å². The van der Waals surface area contributed by atoms with Crippen LogP contribution < -0.4 is 5.73 Å². The number of amides is 1. The molecule has 2 atom stereocenters. The van der Waals surface area contributed by atoms with E-state index in [9.17, 15) is 4.79 Å². The number of benzene rings is 1. The number of nitrogens with two attached hydrogens (primary N) is 1. The molecule has 1 aromatic carbocycles. The van der Waals surface area contributed by atoms with Crippen molar-refractivity contribution in [1.29, 1.82) is 0 Å². The van der Waals surface area contributed by atoms with Crippen LogP contribution in [0.3, 0.4) is 0 Å². The molecule has 0 radical (unpaired) electrons. The number of thioether (sulfide) groups is 1. The highest BCUT2D eigenvalue weighted by Crippen LogP contribution is 2.44. The van der Waals surface area contributed by atoms with Gasteiger partial charge < -0.3 is 15.2 Å². The van der Waals surface area contributed by atoms with E-state index in [1.807, 2.05) is 6.92 Å². The molecular formula is C15H21NO3S. The van der Waals surface area contributed by atoms with E-state index in [1.165, 1.54) is 5.56 Å². The van der Waals surface area contributed by atoms with Crippen LogP contribution in [0.15, 0.2) is 24.3 Å². The molecule has 1 aliphatic rings. The van der Waals surface area contributed by atoms with Crippen molar-refractivity contribution in [2.75, 3.05) is 12.4 Å². The Morgan fingerprint density at radius 3 is 2.70 bits per heavy atom. The average Bonchev–Trinajstić information content (AvgIpc) is 2.80. The Labute approximate surface area is 124 Å². The minimum Gasteiger partial charge on any atom is -0.447 e. The van der Waals surface area contributed by atoms with Crippen LogP contribution in [0.2, 0.25) is 0 Å². The third-order valence-corrected chi connectivity index (χ3v) is 4.87. The molecule has 0 unspecified atom stereocenters. The number of ether oxygens (including phenoxy) is 2. The SMILES string of the molecule is CC(C)c1ccc([C@@]2(C)O[C@H](COC(N)=O)CS2)cc1. The molecular weight excluding hydrogens is 274 g/mol. The average molecular weight is 295 g/mol. The maximum absolute atomic E-state index is 10.6. The molecule has 0 aromatic heterocycles. The van der Waals surface area contributed by atoms with Gasteiger partial charge >= 0.3 is 6.09 Å². The Kier molecular flexibility index (Phi) is 4.60. The molecule has 0 saturated carbocycles. The molecule has 110 valence electrons. The van der Waals surface area contributed by atoms with Crippen molar-refractivity contribution in [3.63, 3.8) is 0 Å². The zero-order valence-electron chi connectivity index (χ0n) is 12.1. The summed E-state index contributed by atoms with van der Waals surface area (Å²) in [7, 11) is 0. The monoisotopic (exact) mass is 295 g/mol. The van der Waals surface area contributed by atoms with E-state index in [0.29, 0.717) is 5.92 Å². The Balaban J connectivity index is 2.03. The van der Waals surface area contributed by atoms with Gasteiger partial charge in [0.25, 0.3) is 0 Å². The Morgan fingerprint density at radius 1 is 1.50 bits per heavy atom. The van der Waals surface area contributed by atoms with Crippen LogP contribution >= 0.6 is 11.8 Å². The lowest BCUT2D eigenvalue weighted by Gasteiger charge is -2.24. The van der Waals surface area contributed by atoms with Gasteiger partial charge in [0.05, 0.1) is 0 Å². The Morgan fingerprint density at radius 2 is 2.15 bits per heavy atom. The molecule has 0 bridgehead atoms. The van der Waals surface area contributed by atoms with Crippen molar-refractivity contribution in [3.8, 4) is 0 Å². The zero-order valence-corrected chi connectivity index (χ0v) is 12.9. The smallest absolute Gasteiger partial charge is 0.404 e. The van der Waals surface area contributed by atoms with E-state index in [-0.39, 0.29) is 17.6 Å². The first kappa shape index (κ1) is 15.2. The van der Waals surface area contributed by atoms with Gasteiger partial charge in [0.2, 0.25) is 0 Å². The molecule has 5 heteroatoms. The first-order chi connectivity index (χ1) is 9.40. The molecule has 1 saturated heterocycles. The van der Waals surface area contributed by atoms with Crippen molar-refractivity contribution in [2.45, 2.75) is 37.7 Å². The van der Waals surface area contributed by atoms with Crippen LogP contribution in [0.5, 0.6) is 0 Å². The summed E-state index contributed by atoms with van der Waals surface area (Å²) in [4.78, 5) is 10.2. The summed E-state index contributed by atoms with van der Waals surface area (Å²) < 4.78 is 10.8. The molecule has 4 nitrogen and oxygen atoms in total. The molecule has 1 aliphatic heterocycles. The van der Waals surface area contributed by atoms with E-state index in [0.717, 1.165) is 11.3 Å². The summed E-state index contributed by atoms with van der Waals surface area (Å²) in [6.45, 7) is 6.61. The fraction of sp³-hybridized carbons (Fsp3) is 0.533. The van der Waals surface area contributed by atoms with Crippen molar-refractivity contribution in [3.05, 3.63) is 35.4 Å². The van der Waals surface area contributed by atoms with E-state index in [1.54, 1.807) is 11.8 Å². The minimum atomic E-state index is -0.756. The van der Waals surface area contributed by atoms with Gasteiger partial charge in [-0.05, 0) is 24.0 Å². The maximum Gasteiger partial charge on any atom is 0.404 e. The molecule has 1 heterocycles. The molecule has 0 spiro atoms. The molecule has 1 amide bonds. The summed E-state index contributed by atoms with van der Waals surface area (Å²) in [5.41, 5.74) is 7.42. The lowest BCUT2D eigenvalue weighted by Crippen LogP contribution is -2.26. The number of rotatable bonds is 4. The van der Waals surface area contributed by atoms with Crippen molar-refractivity contribution >= 4 is 17.9 Å². The van der Waals surface area contributed by atoms with Gasteiger partial charge in [-0.15, -0.1) is 11.8 Å². The second-order valence-corrected chi connectivity index (χ2v) is 6.80. The summed E-state index contributed by atoms with van der Waals surface area (Å²) in [6.07, 6.45) is -0.865. The van der Waals surface area contributed by atoms with Gasteiger partial charge in [-0.25, -0.2) is 4.79 Å². The standard InChI is InChI=1S/C15H21NO3S/c1-10(2)11-4-6-12(7-5-11)15(3)19-13(9-20-15)8-18-14(16)17/h4-7,10,13H,8-9H2,1-3H3,(H2,16,17)/t13-,15+/m1/s1. The van der Waals surface area contributed by atoms with E-state index >= 15 is 0 Å². The topological polar surface area (TPSA) is 61.6 Å². The highest BCUT2D eigenvalue weighted by Gasteiger charge is 2.38. The van der Waals surface area contributed by atoms with Gasteiger partial charge in [-0.3, -0.25) is 0 Å². The Bertz CT molecular complexity index is 475. The highest BCUT2D eigenvalue weighted by atomic mass is 32.2. The third kappa shape index (κ3) is 3.46. The van der Waals surface area contributed by atoms with Crippen LogP contribution in [0.4, 0.5) is 4.79 Å². The van der Waals surface area contributed by atoms with E-state index in [4.69, 9.17) is 15.2 Å². The first-order valence-electron chi connectivity index (χ1n) is 6.75. The number of primary amides is 1. The molecule has 2 rings (SSSR count). The summed E-state index contributed by atoms with van der Waals surface area (Å²) in [5.74, 6) is 1.31. The number of carbonyl (C=O) groups is 1. The molecule has 1 aromatic rings. The fourth-order valence-corrected chi connectivity index (χ4v) is 3.39. The second kappa shape index (κ2) is 6.06. The molecule has 2 N–H and O–H groups in total. The fourth-order valence-electron chi connectivity index (χ4n) is 2.22. The predicted octanol–water partition coefficient (Wildman–Crippen LogP) is 3.21. The van der Waals surface area contributed by atoms with Gasteiger partial charge in [-0.2, -0.15) is 0 Å². The number of hydrogen-bond donors (Lipinski definition) is 1. The van der Waals surface area contributed by atoms with Gasteiger partial charge in [0.15, 0.2) is 0 Å². The number of hydrogen-bond acceptors (Lipinski definition) is 4. The first-order valence-corrected chi connectivity index (χ1v) is 7.74. The molecule has 1 fully saturated rings. The van der Waals surface area contributed by atoms with E-state index in [2.05, 4.69) is 38.1 Å². The lowest BCUT2D eigenvalue weighted by molar-refractivity contribution is -0.0278. The van der Waals surface area contributed by atoms with Gasteiger partial charge in [0.1, 0.15) is 17.6 Å². The zero-order chi connectivity index (χ0) is 14.8. The van der Waals surface area contributed by atoms with Crippen LogP contribution in [0.1, 0.15) is 37.8 Å². The van der Waals surface area contributed by atoms with Crippen molar-refractivity contribution in [1.82, 2.24) is 0 Å². The largest absolute Gasteiger partial charge is 0.447 e. The summed E-state index contributed by atoms with van der Waals surface area (Å²) >= 11 is 1.72. The van der Waals surface area contributed by atoms with Crippen molar-refractivity contribution in [2.24, 2.45) is 5.73 Å². The lowest BCUT2D eigenvalue weighted by atomic mass is 10.00. The maximum atomic E-state index is 10.6. The number of carbonyl (C=O) groups excluding carboxylic acids is 1. The van der Waals surface area contributed by atoms with Crippen LogP contribution in [-0.2, 0) is 14.4 Å². The van der Waals surface area contributed by atoms with Crippen LogP contribution in [0.25, 0.3) is 0 Å². The normalized spacial score (nSPS) is 25.9. The van der Waals surface area contributed by atoms with E-state index < -0.39 is 6.09 Å². The molecule has 0 aliphatic carbocycles. The Hall–Kier alpha value is -1.20. The molecule has 20 heavy (non-hydrogen) atoms. The van der Waals surface area contributed by atoms with Crippen LogP contribution in [-0.4, -0.2) is 24.6 Å².